The average molecular weight is 187 g/mol. The van der Waals surface area contributed by atoms with Crippen LogP contribution in [0.5, 0.6) is 5.75 Å². The number of phenolic OH excluding ortho intramolecular Hbond substituents is 1. The molecule has 0 aromatic heterocycles. The van der Waals surface area contributed by atoms with Gasteiger partial charge in [0.05, 0.1) is 6.54 Å². The topological polar surface area (TPSA) is 32.6 Å². The summed E-state index contributed by atoms with van der Waals surface area (Å²) in [6.07, 6.45) is 1.99. The molecule has 2 heteroatoms. The molecule has 0 fully saturated rings. The number of aromatic hydroxyl groups is 1. The Balaban J connectivity index is 2.23. The quantitative estimate of drug-likeness (QED) is 0.673. The van der Waals surface area contributed by atoms with Crippen LogP contribution in [-0.2, 0) is 0 Å². The van der Waals surface area contributed by atoms with Crippen LogP contribution >= 0.6 is 0 Å². The summed E-state index contributed by atoms with van der Waals surface area (Å²) in [6.45, 7) is 4.66. The zero-order valence-corrected chi connectivity index (χ0v) is 8.03. The van der Waals surface area contributed by atoms with Gasteiger partial charge < -0.3 is 5.11 Å². The van der Waals surface area contributed by atoms with Crippen LogP contribution in [0.15, 0.2) is 41.4 Å². The first-order chi connectivity index (χ1) is 6.75. The van der Waals surface area contributed by atoms with E-state index in [0.29, 0.717) is 5.75 Å². The number of nitrogens with zero attached hydrogens (tertiary/aromatic N) is 1. The molecule has 0 unspecified atom stereocenters. The highest BCUT2D eigenvalue weighted by atomic mass is 16.3. The number of hydrogen-bond acceptors (Lipinski definition) is 2. The first kappa shape index (κ1) is 9.00. The van der Waals surface area contributed by atoms with Gasteiger partial charge in [-0.25, -0.2) is 0 Å². The number of rotatable bonds is 1. The van der Waals surface area contributed by atoms with Crippen molar-refractivity contribution in [3.63, 3.8) is 0 Å². The lowest BCUT2D eigenvalue weighted by Gasteiger charge is -2.13. The fourth-order valence-electron chi connectivity index (χ4n) is 1.55. The van der Waals surface area contributed by atoms with Crippen molar-refractivity contribution in [3.8, 4) is 5.75 Å². The average Bonchev–Trinajstić information content (AvgIpc) is 2.21. The summed E-state index contributed by atoms with van der Waals surface area (Å²) in [5.74, 6) is 0.301. The maximum Gasteiger partial charge on any atom is 0.115 e. The van der Waals surface area contributed by atoms with E-state index in [1.54, 1.807) is 12.1 Å². The van der Waals surface area contributed by atoms with Crippen LogP contribution in [0, 0.1) is 0 Å². The Morgan fingerprint density at radius 3 is 2.43 bits per heavy atom. The van der Waals surface area contributed by atoms with Crippen LogP contribution in [0.3, 0.4) is 0 Å². The summed E-state index contributed by atoms with van der Waals surface area (Å²) in [4.78, 5) is 4.45. The number of benzene rings is 1. The summed E-state index contributed by atoms with van der Waals surface area (Å²) in [7, 11) is 0. The van der Waals surface area contributed by atoms with Crippen molar-refractivity contribution in [3.05, 3.63) is 42.0 Å². The van der Waals surface area contributed by atoms with Crippen molar-refractivity contribution >= 4 is 5.71 Å². The normalized spacial score (nSPS) is 16.6. The van der Waals surface area contributed by atoms with E-state index in [4.69, 9.17) is 5.11 Å². The van der Waals surface area contributed by atoms with Crippen LogP contribution in [0.2, 0.25) is 0 Å². The molecule has 1 aromatic rings. The lowest BCUT2D eigenvalue weighted by molar-refractivity contribution is 0.475. The van der Waals surface area contributed by atoms with E-state index in [1.165, 1.54) is 5.57 Å². The smallest absolute Gasteiger partial charge is 0.115 e. The molecular formula is C12H13NO. The highest BCUT2D eigenvalue weighted by Crippen LogP contribution is 2.18. The van der Waals surface area contributed by atoms with Gasteiger partial charge in [-0.05, 0) is 42.7 Å². The van der Waals surface area contributed by atoms with Gasteiger partial charge in [0.1, 0.15) is 5.75 Å². The zero-order valence-electron chi connectivity index (χ0n) is 8.03. The Labute approximate surface area is 83.6 Å². The molecule has 2 nitrogen and oxygen atoms in total. The van der Waals surface area contributed by atoms with Gasteiger partial charge in [-0.15, -0.1) is 0 Å². The van der Waals surface area contributed by atoms with Crippen LogP contribution in [0.25, 0.3) is 0 Å². The van der Waals surface area contributed by atoms with Crippen molar-refractivity contribution < 1.29 is 5.11 Å². The SMILES string of the molecule is C=C1CCC(c2ccc(O)cc2)=NC1. The monoisotopic (exact) mass is 187 g/mol. The largest absolute Gasteiger partial charge is 0.508 e. The minimum absolute atomic E-state index is 0.301. The fraction of sp³-hybridized carbons (Fsp3) is 0.250. The van der Waals surface area contributed by atoms with E-state index in [0.717, 1.165) is 30.7 Å². The van der Waals surface area contributed by atoms with Crippen molar-refractivity contribution in [1.29, 1.82) is 0 Å². The Morgan fingerprint density at radius 1 is 1.14 bits per heavy atom. The summed E-state index contributed by atoms with van der Waals surface area (Å²) in [5, 5.41) is 9.14. The lowest BCUT2D eigenvalue weighted by Crippen LogP contribution is -2.08. The molecule has 1 heterocycles. The van der Waals surface area contributed by atoms with Crippen LogP contribution < -0.4 is 0 Å². The van der Waals surface area contributed by atoms with E-state index in [-0.39, 0.29) is 0 Å². The standard InChI is InChI=1S/C12H13NO/c1-9-2-7-12(13-8-9)10-3-5-11(14)6-4-10/h3-6,14H,1-2,7-8H2. The molecule has 1 aliphatic heterocycles. The Morgan fingerprint density at radius 2 is 1.86 bits per heavy atom. The third kappa shape index (κ3) is 1.84. The molecule has 0 amide bonds. The molecule has 2 rings (SSSR count). The van der Waals surface area contributed by atoms with Gasteiger partial charge in [0.15, 0.2) is 0 Å². The zero-order chi connectivity index (χ0) is 9.97. The fourth-order valence-corrected chi connectivity index (χ4v) is 1.55. The van der Waals surface area contributed by atoms with Crippen molar-refractivity contribution in [1.82, 2.24) is 0 Å². The summed E-state index contributed by atoms with van der Waals surface area (Å²) in [5.41, 5.74) is 3.43. The molecule has 0 saturated heterocycles. The Hall–Kier alpha value is -1.57. The van der Waals surface area contributed by atoms with Crippen molar-refractivity contribution in [2.75, 3.05) is 6.54 Å². The van der Waals surface area contributed by atoms with Gasteiger partial charge in [-0.3, -0.25) is 4.99 Å². The minimum Gasteiger partial charge on any atom is -0.508 e. The summed E-state index contributed by atoms with van der Waals surface area (Å²) >= 11 is 0. The first-order valence-electron chi connectivity index (χ1n) is 4.75. The molecule has 0 radical (unpaired) electrons. The van der Waals surface area contributed by atoms with Gasteiger partial charge in [-0.2, -0.15) is 0 Å². The van der Waals surface area contributed by atoms with Gasteiger partial charge in [0.2, 0.25) is 0 Å². The number of aliphatic imine (C=N–C) groups is 1. The van der Waals surface area contributed by atoms with E-state index in [1.807, 2.05) is 12.1 Å². The van der Waals surface area contributed by atoms with E-state index in [9.17, 15) is 0 Å². The molecule has 1 aromatic carbocycles. The molecule has 0 saturated carbocycles. The molecule has 14 heavy (non-hydrogen) atoms. The number of hydrogen-bond donors (Lipinski definition) is 1. The highest BCUT2D eigenvalue weighted by Gasteiger charge is 2.09. The molecular weight excluding hydrogens is 174 g/mol. The third-order valence-corrected chi connectivity index (χ3v) is 2.41. The first-order valence-corrected chi connectivity index (χ1v) is 4.75. The molecule has 1 N–H and O–H groups in total. The predicted molar refractivity (Wildman–Crippen MR) is 57.9 cm³/mol. The Bertz CT molecular complexity index is 376. The molecule has 0 bridgehead atoms. The van der Waals surface area contributed by atoms with Crippen molar-refractivity contribution in [2.45, 2.75) is 12.8 Å². The molecule has 0 aliphatic carbocycles. The van der Waals surface area contributed by atoms with Gasteiger partial charge in [0, 0.05) is 5.71 Å². The van der Waals surface area contributed by atoms with E-state index >= 15 is 0 Å². The third-order valence-electron chi connectivity index (χ3n) is 2.41. The highest BCUT2D eigenvalue weighted by molar-refractivity contribution is 6.01. The van der Waals surface area contributed by atoms with E-state index in [2.05, 4.69) is 11.6 Å². The summed E-state index contributed by atoms with van der Waals surface area (Å²) in [6, 6.07) is 7.20. The predicted octanol–water partition coefficient (Wildman–Crippen LogP) is 2.53. The van der Waals surface area contributed by atoms with Crippen LogP contribution in [0.4, 0.5) is 0 Å². The second-order valence-corrected chi connectivity index (χ2v) is 3.56. The molecule has 72 valence electrons. The molecule has 0 atom stereocenters. The van der Waals surface area contributed by atoms with Crippen molar-refractivity contribution in [2.24, 2.45) is 4.99 Å². The second kappa shape index (κ2) is 3.66. The molecule has 1 aliphatic rings. The maximum absolute atomic E-state index is 9.14. The molecule has 0 spiro atoms. The second-order valence-electron chi connectivity index (χ2n) is 3.56. The van der Waals surface area contributed by atoms with E-state index < -0.39 is 0 Å². The van der Waals surface area contributed by atoms with Gasteiger partial charge in [-0.1, -0.05) is 12.2 Å². The van der Waals surface area contributed by atoms with Gasteiger partial charge >= 0.3 is 0 Å². The maximum atomic E-state index is 9.14. The Kier molecular flexibility index (Phi) is 2.35. The summed E-state index contributed by atoms with van der Waals surface area (Å²) < 4.78 is 0. The lowest BCUT2D eigenvalue weighted by atomic mass is 10.00. The van der Waals surface area contributed by atoms with Crippen LogP contribution in [-0.4, -0.2) is 17.4 Å². The number of phenols is 1. The van der Waals surface area contributed by atoms with Crippen LogP contribution in [0.1, 0.15) is 18.4 Å². The minimum atomic E-state index is 0.301. The van der Waals surface area contributed by atoms with Gasteiger partial charge in [0.25, 0.3) is 0 Å².